The van der Waals surface area contributed by atoms with E-state index in [4.69, 9.17) is 5.73 Å². The monoisotopic (exact) mass is 275 g/mol. The van der Waals surface area contributed by atoms with Crippen LogP contribution in [0.5, 0.6) is 0 Å². The van der Waals surface area contributed by atoms with Gasteiger partial charge in [0.25, 0.3) is 10.2 Å². The fraction of sp³-hybridized carbons (Fsp3) is 1.00. The molecule has 0 spiro atoms. The van der Waals surface area contributed by atoms with E-state index in [1.54, 1.807) is 4.72 Å². The maximum atomic E-state index is 11.9. The number of rotatable bonds is 5. The molecule has 1 fully saturated rings. The molecular weight excluding hydrogens is 259 g/mol. The van der Waals surface area contributed by atoms with Gasteiger partial charge in [-0.05, 0) is 25.3 Å². The summed E-state index contributed by atoms with van der Waals surface area (Å²) < 4.78 is 61.3. The number of nitrogens with two attached hydrogens (primary N) is 1. The van der Waals surface area contributed by atoms with E-state index in [-0.39, 0.29) is 19.0 Å². The first-order valence-corrected chi connectivity index (χ1v) is 6.70. The fourth-order valence-corrected chi connectivity index (χ4v) is 3.03. The summed E-state index contributed by atoms with van der Waals surface area (Å²) in [5, 5.41) is 0. The van der Waals surface area contributed by atoms with Crippen molar-refractivity contribution in [1.82, 2.24) is 9.03 Å². The van der Waals surface area contributed by atoms with Crippen molar-refractivity contribution in [2.24, 2.45) is 11.7 Å². The first-order valence-electron chi connectivity index (χ1n) is 5.26. The van der Waals surface area contributed by atoms with Crippen LogP contribution in [0.4, 0.5) is 13.2 Å². The molecular formula is C8H16F3N3O2S. The summed E-state index contributed by atoms with van der Waals surface area (Å²) in [6.45, 7) is -0.593. The normalized spacial score (nSPS) is 23.2. The molecule has 5 nitrogen and oxygen atoms in total. The van der Waals surface area contributed by atoms with Crippen LogP contribution in [0.1, 0.15) is 12.8 Å². The van der Waals surface area contributed by atoms with Gasteiger partial charge in [0.05, 0.1) is 0 Å². The van der Waals surface area contributed by atoms with Gasteiger partial charge in [0, 0.05) is 13.1 Å². The lowest BCUT2D eigenvalue weighted by Crippen LogP contribution is -2.43. The van der Waals surface area contributed by atoms with Gasteiger partial charge in [-0.25, -0.2) is 0 Å². The summed E-state index contributed by atoms with van der Waals surface area (Å²) in [7, 11) is -4.02. The zero-order chi connectivity index (χ0) is 13.1. The molecule has 102 valence electrons. The fourth-order valence-electron chi connectivity index (χ4n) is 1.75. The molecule has 0 aromatic heterocycles. The Morgan fingerprint density at radius 1 is 1.41 bits per heavy atom. The van der Waals surface area contributed by atoms with Gasteiger partial charge in [0.2, 0.25) is 0 Å². The van der Waals surface area contributed by atoms with Crippen LogP contribution < -0.4 is 10.5 Å². The van der Waals surface area contributed by atoms with E-state index in [0.717, 1.165) is 4.31 Å². The predicted molar refractivity (Wildman–Crippen MR) is 56.3 cm³/mol. The summed E-state index contributed by atoms with van der Waals surface area (Å²) >= 11 is 0. The quantitative estimate of drug-likeness (QED) is 0.744. The zero-order valence-corrected chi connectivity index (χ0v) is 10.0. The molecule has 3 N–H and O–H groups in total. The maximum absolute atomic E-state index is 11.9. The van der Waals surface area contributed by atoms with Crippen molar-refractivity contribution in [3.05, 3.63) is 0 Å². The highest BCUT2D eigenvalue weighted by Crippen LogP contribution is 2.21. The number of nitrogens with zero attached hydrogens (tertiary/aromatic N) is 1. The van der Waals surface area contributed by atoms with E-state index in [0.29, 0.717) is 19.4 Å². The van der Waals surface area contributed by atoms with Gasteiger partial charge in [0.15, 0.2) is 0 Å². The molecule has 17 heavy (non-hydrogen) atoms. The van der Waals surface area contributed by atoms with Crippen LogP contribution in [0.15, 0.2) is 0 Å². The van der Waals surface area contributed by atoms with Crippen LogP contribution in [0, 0.1) is 5.92 Å². The topological polar surface area (TPSA) is 75.4 Å². The molecule has 0 aliphatic carbocycles. The largest absolute Gasteiger partial charge is 0.402 e. The molecule has 0 amide bonds. The lowest BCUT2D eigenvalue weighted by atomic mass is 10.1. The second-order valence-corrected chi connectivity index (χ2v) is 5.79. The minimum atomic E-state index is -4.54. The van der Waals surface area contributed by atoms with Crippen LogP contribution >= 0.6 is 0 Å². The van der Waals surface area contributed by atoms with E-state index in [1.165, 1.54) is 0 Å². The summed E-state index contributed by atoms with van der Waals surface area (Å²) in [4.78, 5) is 0. The third-order valence-electron chi connectivity index (χ3n) is 2.62. The summed E-state index contributed by atoms with van der Waals surface area (Å²) in [5.41, 5.74) is 5.35. The Bertz CT molecular complexity index is 344. The number of hydrogen-bond acceptors (Lipinski definition) is 3. The van der Waals surface area contributed by atoms with Crippen molar-refractivity contribution < 1.29 is 21.6 Å². The van der Waals surface area contributed by atoms with Crippen LogP contribution in [0.25, 0.3) is 0 Å². The van der Waals surface area contributed by atoms with Gasteiger partial charge in [0.1, 0.15) is 6.54 Å². The second kappa shape index (κ2) is 5.51. The van der Waals surface area contributed by atoms with E-state index in [9.17, 15) is 21.6 Å². The van der Waals surface area contributed by atoms with Crippen molar-refractivity contribution in [3.8, 4) is 0 Å². The second-order valence-electron chi connectivity index (χ2n) is 4.03. The van der Waals surface area contributed by atoms with E-state index >= 15 is 0 Å². The van der Waals surface area contributed by atoms with Gasteiger partial charge in [-0.3, -0.25) is 0 Å². The first-order chi connectivity index (χ1) is 7.74. The Morgan fingerprint density at radius 3 is 2.59 bits per heavy atom. The molecule has 1 saturated heterocycles. The highest BCUT2D eigenvalue weighted by molar-refractivity contribution is 7.87. The molecule has 1 rings (SSSR count). The van der Waals surface area contributed by atoms with E-state index < -0.39 is 22.9 Å². The maximum Gasteiger partial charge on any atom is 0.402 e. The van der Waals surface area contributed by atoms with Crippen molar-refractivity contribution in [2.45, 2.75) is 19.0 Å². The predicted octanol–water partition coefficient (Wildman–Crippen LogP) is 0.0538. The van der Waals surface area contributed by atoms with Crippen LogP contribution in [0.3, 0.4) is 0 Å². The SMILES string of the molecule is NCCC1CCN(S(=O)(=O)NCC(F)(F)F)C1. The molecule has 1 heterocycles. The number of halogens is 3. The van der Waals surface area contributed by atoms with Gasteiger partial charge < -0.3 is 5.73 Å². The molecule has 1 unspecified atom stereocenters. The van der Waals surface area contributed by atoms with Crippen molar-refractivity contribution in [1.29, 1.82) is 0 Å². The zero-order valence-electron chi connectivity index (χ0n) is 9.20. The lowest BCUT2D eigenvalue weighted by molar-refractivity contribution is -0.121. The highest BCUT2D eigenvalue weighted by atomic mass is 32.2. The standard InChI is InChI=1S/C8H16F3N3O2S/c9-8(10,11)6-13-17(15,16)14-4-2-7(5-14)1-3-12/h7,13H,1-6,12H2. The molecule has 1 atom stereocenters. The molecule has 1 aliphatic rings. The Kier molecular flexibility index (Phi) is 4.76. The molecule has 1 aliphatic heterocycles. The summed E-state index contributed by atoms with van der Waals surface area (Å²) in [6, 6.07) is 0. The Balaban J connectivity index is 2.49. The molecule has 9 heteroatoms. The van der Waals surface area contributed by atoms with Crippen LogP contribution in [-0.2, 0) is 10.2 Å². The Hall–Kier alpha value is -0.380. The minimum Gasteiger partial charge on any atom is -0.330 e. The number of alkyl halides is 3. The first kappa shape index (κ1) is 14.7. The van der Waals surface area contributed by atoms with E-state index in [1.807, 2.05) is 0 Å². The summed E-state index contributed by atoms with van der Waals surface area (Å²) in [5.74, 6) is 0.141. The van der Waals surface area contributed by atoms with Crippen molar-refractivity contribution in [3.63, 3.8) is 0 Å². The van der Waals surface area contributed by atoms with E-state index in [2.05, 4.69) is 0 Å². The molecule has 0 radical (unpaired) electrons. The van der Waals surface area contributed by atoms with Crippen LogP contribution in [0.2, 0.25) is 0 Å². The summed E-state index contributed by atoms with van der Waals surface area (Å²) in [6.07, 6.45) is -3.21. The van der Waals surface area contributed by atoms with Gasteiger partial charge in [-0.15, -0.1) is 0 Å². The van der Waals surface area contributed by atoms with Gasteiger partial charge in [-0.2, -0.15) is 30.6 Å². The average molecular weight is 275 g/mol. The Morgan fingerprint density at radius 2 is 2.06 bits per heavy atom. The lowest BCUT2D eigenvalue weighted by Gasteiger charge is -2.17. The molecule has 0 aromatic rings. The highest BCUT2D eigenvalue weighted by Gasteiger charge is 2.34. The van der Waals surface area contributed by atoms with Crippen molar-refractivity contribution in [2.75, 3.05) is 26.2 Å². The van der Waals surface area contributed by atoms with Gasteiger partial charge in [-0.1, -0.05) is 0 Å². The average Bonchev–Trinajstić information content (AvgIpc) is 2.64. The molecule has 0 bridgehead atoms. The molecule has 0 saturated carbocycles. The van der Waals surface area contributed by atoms with Crippen molar-refractivity contribution >= 4 is 10.2 Å². The number of hydrogen-bond donors (Lipinski definition) is 2. The third kappa shape index (κ3) is 4.78. The smallest absolute Gasteiger partial charge is 0.330 e. The minimum absolute atomic E-state index is 0.141. The third-order valence-corrected chi connectivity index (χ3v) is 4.14. The molecule has 0 aromatic carbocycles. The Labute approximate surface area is 98.3 Å². The number of nitrogens with one attached hydrogen (secondary N) is 1. The van der Waals surface area contributed by atoms with Gasteiger partial charge >= 0.3 is 6.18 Å². The van der Waals surface area contributed by atoms with Crippen LogP contribution in [-0.4, -0.2) is 45.1 Å².